The largest absolute Gasteiger partial charge is 0.301 e. The fourth-order valence-electron chi connectivity index (χ4n) is 4.18. The van der Waals surface area contributed by atoms with Crippen molar-refractivity contribution in [2.45, 2.75) is 44.9 Å². The quantitative estimate of drug-likeness (QED) is 0.627. The van der Waals surface area contributed by atoms with E-state index in [0.29, 0.717) is 28.1 Å². The molecule has 1 aromatic carbocycles. The molecule has 0 saturated heterocycles. The molecule has 2 atom stereocenters. The molecule has 0 bridgehead atoms. The van der Waals surface area contributed by atoms with E-state index < -0.39 is 5.92 Å². The normalized spacial score (nSPS) is 20.6. The van der Waals surface area contributed by atoms with Gasteiger partial charge >= 0.3 is 0 Å². The second kappa shape index (κ2) is 9.80. The molecule has 32 heavy (non-hydrogen) atoms. The number of ketones is 1. The van der Waals surface area contributed by atoms with E-state index in [1.165, 1.54) is 28.7 Å². The number of thiazole rings is 1. The molecule has 2 aromatic rings. The molecule has 4 rings (SSSR count). The number of aliphatic imine (C=N–C) groups is 1. The maximum atomic E-state index is 12.9. The van der Waals surface area contributed by atoms with Crippen LogP contribution in [0.5, 0.6) is 0 Å². The summed E-state index contributed by atoms with van der Waals surface area (Å²) in [4.78, 5) is 34.1. The van der Waals surface area contributed by atoms with Gasteiger partial charge in [0.25, 0.3) is 0 Å². The predicted octanol–water partition coefficient (Wildman–Crippen LogP) is 5.28. The smallest absolute Gasteiger partial charge is 0.236 e. The van der Waals surface area contributed by atoms with Crippen LogP contribution in [0.2, 0.25) is 0 Å². The number of carbonyl (C=O) groups excluding carboxylic acids is 2. The van der Waals surface area contributed by atoms with Gasteiger partial charge in [0.05, 0.1) is 23.3 Å². The second-order valence-electron chi connectivity index (χ2n) is 8.20. The van der Waals surface area contributed by atoms with Crippen LogP contribution in [-0.2, 0) is 9.59 Å². The first-order valence-electron chi connectivity index (χ1n) is 10.6. The van der Waals surface area contributed by atoms with Crippen molar-refractivity contribution < 1.29 is 9.59 Å². The van der Waals surface area contributed by atoms with Gasteiger partial charge in [-0.25, -0.2) is 9.98 Å². The summed E-state index contributed by atoms with van der Waals surface area (Å²) in [5, 5.41) is 15.7. The van der Waals surface area contributed by atoms with Gasteiger partial charge in [-0.3, -0.25) is 9.59 Å². The number of thioether (sulfide) groups is 1. The Labute approximate surface area is 195 Å². The van der Waals surface area contributed by atoms with E-state index in [2.05, 4.69) is 42.4 Å². The molecule has 1 fully saturated rings. The van der Waals surface area contributed by atoms with E-state index >= 15 is 0 Å². The molecule has 2 heterocycles. The van der Waals surface area contributed by atoms with Crippen LogP contribution in [0.15, 0.2) is 51.4 Å². The third-order valence-electron chi connectivity index (χ3n) is 5.78. The second-order valence-corrected chi connectivity index (χ2v) is 10.1. The zero-order chi connectivity index (χ0) is 22.7. The van der Waals surface area contributed by atoms with Crippen molar-refractivity contribution in [1.82, 2.24) is 4.98 Å². The number of hydrogen-bond donors (Lipinski definition) is 1. The van der Waals surface area contributed by atoms with Gasteiger partial charge in [-0.1, -0.05) is 49.9 Å². The van der Waals surface area contributed by atoms with E-state index in [0.717, 1.165) is 24.1 Å². The lowest BCUT2D eigenvalue weighted by Crippen LogP contribution is -2.37. The number of amides is 1. The maximum Gasteiger partial charge on any atom is 0.236 e. The monoisotopic (exact) mass is 464 g/mol. The van der Waals surface area contributed by atoms with Crippen molar-refractivity contribution >= 4 is 45.6 Å². The van der Waals surface area contributed by atoms with Crippen molar-refractivity contribution in [2.75, 3.05) is 11.1 Å². The zero-order valence-electron chi connectivity index (χ0n) is 18.0. The lowest BCUT2D eigenvalue weighted by molar-refractivity contribution is -0.122. The van der Waals surface area contributed by atoms with Gasteiger partial charge in [0.1, 0.15) is 10.8 Å². The van der Waals surface area contributed by atoms with Crippen LogP contribution in [0.3, 0.4) is 0 Å². The van der Waals surface area contributed by atoms with Crippen LogP contribution in [0.4, 0.5) is 5.13 Å². The number of nitrogens with zero attached hydrogens (tertiary/aromatic N) is 3. The Balaban J connectivity index is 1.65. The van der Waals surface area contributed by atoms with Crippen LogP contribution in [0.25, 0.3) is 0 Å². The highest BCUT2D eigenvalue weighted by Gasteiger charge is 2.42. The van der Waals surface area contributed by atoms with Crippen molar-refractivity contribution in [2.24, 2.45) is 10.9 Å². The fourth-order valence-corrected chi connectivity index (χ4v) is 5.58. The first-order chi connectivity index (χ1) is 15.5. The van der Waals surface area contributed by atoms with Gasteiger partial charge in [-0.05, 0) is 29.9 Å². The molecule has 164 valence electrons. The molecule has 8 heteroatoms. The lowest BCUT2D eigenvalue weighted by Gasteiger charge is -2.34. The molecule has 0 radical (unpaired) electrons. The highest BCUT2D eigenvalue weighted by Crippen LogP contribution is 2.45. The molecule has 1 aromatic heterocycles. The molecule has 1 amide bonds. The topological polar surface area (TPSA) is 95.2 Å². The Hall–Kier alpha value is -2.76. The molecule has 1 saturated carbocycles. The van der Waals surface area contributed by atoms with E-state index in [1.54, 1.807) is 11.6 Å². The Morgan fingerprint density at radius 1 is 1.28 bits per heavy atom. The van der Waals surface area contributed by atoms with Crippen molar-refractivity contribution in [1.29, 1.82) is 5.26 Å². The number of nitriles is 1. The molecule has 1 aliphatic carbocycles. The third-order valence-corrected chi connectivity index (χ3v) is 7.46. The zero-order valence-corrected chi connectivity index (χ0v) is 19.6. The van der Waals surface area contributed by atoms with Gasteiger partial charge in [0.2, 0.25) is 5.91 Å². The lowest BCUT2D eigenvalue weighted by atomic mass is 9.70. The van der Waals surface area contributed by atoms with Gasteiger partial charge in [-0.15, -0.1) is 11.3 Å². The number of benzene rings is 1. The highest BCUT2D eigenvalue weighted by molar-refractivity contribution is 8.03. The highest BCUT2D eigenvalue weighted by atomic mass is 32.2. The maximum absolute atomic E-state index is 12.9. The SMILES string of the molecule is CC(C)c1ccc([C@@H]2C(C#N)=C(SCC(=O)Nc3nccs3)N=C3CCCC(=O)[C@H]32)cc1. The number of nitrogens with one attached hydrogen (secondary N) is 1. The molecule has 0 spiro atoms. The molecule has 1 aliphatic heterocycles. The van der Waals surface area contributed by atoms with Crippen LogP contribution >= 0.6 is 23.1 Å². The average Bonchev–Trinajstić information content (AvgIpc) is 3.30. The van der Waals surface area contributed by atoms with Gasteiger partial charge in [0.15, 0.2) is 5.13 Å². The number of Topliss-reactive ketones (excluding diaryl/α,β-unsaturated/α-hetero) is 1. The van der Waals surface area contributed by atoms with Crippen molar-refractivity contribution in [3.8, 4) is 6.07 Å². The first-order valence-corrected chi connectivity index (χ1v) is 12.5. The van der Waals surface area contributed by atoms with E-state index in [4.69, 9.17) is 4.99 Å². The Morgan fingerprint density at radius 3 is 2.72 bits per heavy atom. The number of hydrogen-bond acceptors (Lipinski definition) is 7. The van der Waals surface area contributed by atoms with Crippen molar-refractivity contribution in [3.63, 3.8) is 0 Å². The summed E-state index contributed by atoms with van der Waals surface area (Å²) in [5.74, 6) is -0.282. The van der Waals surface area contributed by atoms with Gasteiger partial charge < -0.3 is 5.32 Å². The average molecular weight is 465 g/mol. The van der Waals surface area contributed by atoms with Gasteiger partial charge in [-0.2, -0.15) is 5.26 Å². The number of carbonyl (C=O) groups is 2. The fraction of sp³-hybridized carbons (Fsp3) is 0.375. The first kappa shape index (κ1) is 22.4. The Bertz CT molecular complexity index is 1110. The third kappa shape index (κ3) is 4.69. The van der Waals surface area contributed by atoms with Crippen LogP contribution in [-0.4, -0.2) is 28.1 Å². The predicted molar refractivity (Wildman–Crippen MR) is 129 cm³/mol. The summed E-state index contributed by atoms with van der Waals surface area (Å²) >= 11 is 2.60. The molecular weight excluding hydrogens is 440 g/mol. The summed E-state index contributed by atoms with van der Waals surface area (Å²) in [6, 6.07) is 10.5. The van der Waals surface area contributed by atoms with Crippen molar-refractivity contribution in [3.05, 3.63) is 57.6 Å². The van der Waals surface area contributed by atoms with E-state index in [9.17, 15) is 14.9 Å². The molecular formula is C24H24N4O2S2. The number of rotatable bonds is 6. The van der Waals surface area contributed by atoms with Crippen LogP contribution < -0.4 is 5.32 Å². The summed E-state index contributed by atoms with van der Waals surface area (Å²) in [7, 11) is 0. The minimum Gasteiger partial charge on any atom is -0.301 e. The minimum absolute atomic E-state index is 0.120. The van der Waals surface area contributed by atoms with E-state index in [1.807, 2.05) is 12.1 Å². The minimum atomic E-state index is -0.392. The summed E-state index contributed by atoms with van der Waals surface area (Å²) in [6.07, 6.45) is 3.66. The van der Waals surface area contributed by atoms with Gasteiger partial charge in [0, 0.05) is 29.6 Å². The number of anilines is 1. The number of fused-ring (bicyclic) bond motifs is 1. The van der Waals surface area contributed by atoms with E-state index in [-0.39, 0.29) is 23.4 Å². The van der Waals surface area contributed by atoms with Crippen LogP contribution in [0, 0.1) is 17.2 Å². The summed E-state index contributed by atoms with van der Waals surface area (Å²) in [5.41, 5.74) is 3.47. The molecule has 1 N–H and O–H groups in total. The standard InChI is InChI=1S/C24H24N4O2S2/c1-14(2)15-6-8-16(9-7-15)21-17(12-25)23(27-18-4-3-5-19(29)22(18)21)32-13-20(30)28-24-26-10-11-31-24/h6-11,14,21-22H,3-5,13H2,1-2H3,(H,26,28,30)/t21-,22+/m1/s1. The summed E-state index contributed by atoms with van der Waals surface area (Å²) in [6.45, 7) is 4.27. The van der Waals surface area contributed by atoms with Crippen LogP contribution in [0.1, 0.15) is 56.1 Å². The Morgan fingerprint density at radius 2 is 2.06 bits per heavy atom. The molecule has 0 unspecified atom stereocenters. The molecule has 2 aliphatic rings. The summed E-state index contributed by atoms with van der Waals surface area (Å²) < 4.78 is 0. The number of aromatic nitrogens is 1. The number of allylic oxidation sites excluding steroid dienone is 1. The Kier molecular flexibility index (Phi) is 6.87. The molecule has 6 nitrogen and oxygen atoms in total.